The van der Waals surface area contributed by atoms with Crippen molar-refractivity contribution in [3.05, 3.63) is 40.2 Å². The van der Waals surface area contributed by atoms with Crippen LogP contribution >= 0.6 is 0 Å². The van der Waals surface area contributed by atoms with Gasteiger partial charge in [-0.1, -0.05) is 17.7 Å². The summed E-state index contributed by atoms with van der Waals surface area (Å²) in [5.41, 5.74) is 5.20. The molecule has 24 heavy (non-hydrogen) atoms. The molecule has 0 saturated carbocycles. The molecule has 2 aromatic rings. The van der Waals surface area contributed by atoms with Gasteiger partial charge in [-0.3, -0.25) is 9.69 Å². The van der Waals surface area contributed by atoms with Gasteiger partial charge in [0.15, 0.2) is 0 Å². The fourth-order valence-corrected chi connectivity index (χ4v) is 3.60. The average Bonchev–Trinajstić information content (AvgIpc) is 2.71. The predicted octanol–water partition coefficient (Wildman–Crippen LogP) is 3.92. The molecule has 3 rings (SSSR count). The Balaban J connectivity index is 2.26. The molecular weight excluding hydrogens is 300 g/mol. The molecule has 126 valence electrons. The number of hydrogen-bond donors (Lipinski definition) is 1. The third kappa shape index (κ3) is 2.44. The monoisotopic (exact) mass is 324 g/mol. The number of rotatable bonds is 3. The number of amides is 1. The third-order valence-corrected chi connectivity index (χ3v) is 4.48. The summed E-state index contributed by atoms with van der Waals surface area (Å²) in [5, 5.41) is 3.28. The van der Waals surface area contributed by atoms with Crippen molar-refractivity contribution in [3.63, 3.8) is 0 Å². The third-order valence-electron chi connectivity index (χ3n) is 4.48. The first kappa shape index (κ1) is 16.4. The largest absolute Gasteiger partial charge is 0.370 e. The summed E-state index contributed by atoms with van der Waals surface area (Å²) < 4.78 is 0. The molecule has 2 heterocycles. The van der Waals surface area contributed by atoms with E-state index in [2.05, 4.69) is 34.3 Å². The number of nitrogens with one attached hydrogen (secondary N) is 1. The van der Waals surface area contributed by atoms with Crippen molar-refractivity contribution in [2.24, 2.45) is 0 Å². The van der Waals surface area contributed by atoms with Gasteiger partial charge in [0.2, 0.25) is 5.91 Å². The highest BCUT2D eigenvalue weighted by atomic mass is 16.2. The summed E-state index contributed by atoms with van der Waals surface area (Å²) in [6, 6.07) is 4.22. The Morgan fingerprint density at radius 1 is 1.12 bits per heavy atom. The van der Waals surface area contributed by atoms with Crippen molar-refractivity contribution in [2.45, 2.75) is 47.5 Å². The highest BCUT2D eigenvalue weighted by Gasteiger charge is 2.40. The number of nitrogens with zero attached hydrogens (tertiary/aromatic N) is 3. The van der Waals surface area contributed by atoms with E-state index < -0.39 is 0 Å². The van der Waals surface area contributed by atoms with Crippen molar-refractivity contribution in [2.75, 3.05) is 16.8 Å². The number of aromatic nitrogens is 2. The molecule has 1 amide bonds. The first-order valence-electron chi connectivity index (χ1n) is 8.39. The van der Waals surface area contributed by atoms with E-state index in [0.29, 0.717) is 11.6 Å². The number of benzene rings is 1. The van der Waals surface area contributed by atoms with Crippen molar-refractivity contribution in [1.29, 1.82) is 0 Å². The molecule has 1 aliphatic rings. The number of carbonyl (C=O) groups is 1. The minimum absolute atomic E-state index is 0.0547. The van der Waals surface area contributed by atoms with Crippen LogP contribution < -0.4 is 10.2 Å². The fraction of sp³-hybridized carbons (Fsp3) is 0.421. The lowest BCUT2D eigenvalue weighted by molar-refractivity contribution is -0.118. The smallest absolute Gasteiger partial charge is 0.240 e. The van der Waals surface area contributed by atoms with E-state index in [4.69, 9.17) is 0 Å². The minimum atomic E-state index is -0.255. The SMILES string of the molecule is CCNc1nc(C)nc2c1C(C)C(=O)N2c1c(C)cc(C)cc1C. The van der Waals surface area contributed by atoms with Crippen molar-refractivity contribution in [1.82, 2.24) is 9.97 Å². The lowest BCUT2D eigenvalue weighted by Gasteiger charge is -2.22. The van der Waals surface area contributed by atoms with Gasteiger partial charge < -0.3 is 5.32 Å². The first-order valence-corrected chi connectivity index (χ1v) is 8.39. The number of anilines is 3. The van der Waals surface area contributed by atoms with Gasteiger partial charge in [0.1, 0.15) is 17.5 Å². The zero-order chi connectivity index (χ0) is 17.6. The Morgan fingerprint density at radius 3 is 2.33 bits per heavy atom. The Hall–Kier alpha value is -2.43. The van der Waals surface area contributed by atoms with E-state index in [9.17, 15) is 4.79 Å². The number of hydrogen-bond acceptors (Lipinski definition) is 4. The molecule has 0 bridgehead atoms. The highest BCUT2D eigenvalue weighted by molar-refractivity contribution is 6.11. The maximum atomic E-state index is 13.1. The molecular formula is C19H24N4O. The topological polar surface area (TPSA) is 58.1 Å². The molecule has 5 nitrogen and oxygen atoms in total. The molecule has 0 radical (unpaired) electrons. The lowest BCUT2D eigenvalue weighted by atomic mass is 10.0. The zero-order valence-electron chi connectivity index (χ0n) is 15.2. The second kappa shape index (κ2) is 5.89. The summed E-state index contributed by atoms with van der Waals surface area (Å²) in [4.78, 5) is 23.9. The first-order chi connectivity index (χ1) is 11.3. The van der Waals surface area contributed by atoms with Crippen LogP contribution in [0, 0.1) is 27.7 Å². The summed E-state index contributed by atoms with van der Waals surface area (Å²) in [6.07, 6.45) is 0. The minimum Gasteiger partial charge on any atom is -0.370 e. The second-order valence-electron chi connectivity index (χ2n) is 6.53. The molecule has 1 N–H and O–H groups in total. The van der Waals surface area contributed by atoms with Gasteiger partial charge in [0.05, 0.1) is 17.2 Å². The Bertz CT molecular complexity index is 805. The highest BCUT2D eigenvalue weighted by Crippen LogP contribution is 2.45. The second-order valence-corrected chi connectivity index (χ2v) is 6.53. The molecule has 1 unspecified atom stereocenters. The van der Waals surface area contributed by atoms with Gasteiger partial charge >= 0.3 is 0 Å². The predicted molar refractivity (Wildman–Crippen MR) is 97.1 cm³/mol. The molecule has 5 heteroatoms. The van der Waals surface area contributed by atoms with Crippen molar-refractivity contribution < 1.29 is 4.79 Å². The Labute approximate surface area is 143 Å². The van der Waals surface area contributed by atoms with Gasteiger partial charge in [-0.25, -0.2) is 9.97 Å². The van der Waals surface area contributed by atoms with Gasteiger partial charge in [-0.2, -0.15) is 0 Å². The van der Waals surface area contributed by atoms with Crippen LogP contribution in [0.1, 0.15) is 47.8 Å². The summed E-state index contributed by atoms with van der Waals surface area (Å²) in [6.45, 7) is 12.7. The quantitative estimate of drug-likeness (QED) is 0.929. The van der Waals surface area contributed by atoms with Crippen molar-refractivity contribution in [3.8, 4) is 0 Å². The number of fused-ring (bicyclic) bond motifs is 1. The van der Waals surface area contributed by atoms with Gasteiger partial charge in [0.25, 0.3) is 0 Å². The van der Waals surface area contributed by atoms with E-state index in [-0.39, 0.29) is 11.8 Å². The van der Waals surface area contributed by atoms with Crippen LogP contribution in [0.5, 0.6) is 0 Å². The summed E-state index contributed by atoms with van der Waals surface area (Å²) in [7, 11) is 0. The van der Waals surface area contributed by atoms with Crippen LogP contribution in [0.4, 0.5) is 17.3 Å². The number of aryl methyl sites for hydroxylation is 4. The molecule has 0 spiro atoms. The average molecular weight is 324 g/mol. The fourth-order valence-electron chi connectivity index (χ4n) is 3.60. The molecule has 1 aromatic carbocycles. The molecule has 1 aromatic heterocycles. The number of carbonyl (C=O) groups excluding carboxylic acids is 1. The van der Waals surface area contributed by atoms with Gasteiger partial charge in [-0.05, 0) is 52.7 Å². The molecule has 0 fully saturated rings. The van der Waals surface area contributed by atoms with Crippen LogP contribution in [-0.2, 0) is 4.79 Å². The standard InChI is InChI=1S/C19H24N4O/c1-7-20-17-15-13(5)19(24)23(18(15)22-14(6)21-17)16-11(3)8-10(2)9-12(16)4/h8-9,13H,7H2,1-6H3,(H,20,21,22). The van der Waals surface area contributed by atoms with Crippen molar-refractivity contribution >= 4 is 23.2 Å². The van der Waals surface area contributed by atoms with E-state index in [1.54, 1.807) is 4.90 Å². The maximum Gasteiger partial charge on any atom is 0.240 e. The summed E-state index contributed by atoms with van der Waals surface area (Å²) >= 11 is 0. The maximum absolute atomic E-state index is 13.1. The van der Waals surface area contributed by atoms with Crippen LogP contribution in [0.25, 0.3) is 0 Å². The van der Waals surface area contributed by atoms with Crippen LogP contribution in [0.3, 0.4) is 0 Å². The molecule has 0 aliphatic carbocycles. The van der Waals surface area contributed by atoms with E-state index in [1.807, 2.05) is 34.6 Å². The normalized spacial score (nSPS) is 16.5. The lowest BCUT2D eigenvalue weighted by Crippen LogP contribution is -2.25. The summed E-state index contributed by atoms with van der Waals surface area (Å²) in [5.74, 6) is 1.95. The zero-order valence-corrected chi connectivity index (χ0v) is 15.2. The Morgan fingerprint density at radius 2 is 1.75 bits per heavy atom. The van der Waals surface area contributed by atoms with Crippen LogP contribution in [0.2, 0.25) is 0 Å². The molecule has 1 atom stereocenters. The van der Waals surface area contributed by atoms with Crippen LogP contribution in [0.15, 0.2) is 12.1 Å². The van der Waals surface area contributed by atoms with Gasteiger partial charge in [-0.15, -0.1) is 0 Å². The van der Waals surface area contributed by atoms with E-state index in [1.165, 1.54) is 5.56 Å². The Kier molecular flexibility index (Phi) is 4.03. The molecule has 0 saturated heterocycles. The van der Waals surface area contributed by atoms with E-state index in [0.717, 1.165) is 34.7 Å². The van der Waals surface area contributed by atoms with Gasteiger partial charge in [0, 0.05) is 6.54 Å². The van der Waals surface area contributed by atoms with E-state index >= 15 is 0 Å². The van der Waals surface area contributed by atoms with Crippen LogP contribution in [-0.4, -0.2) is 22.4 Å². The molecule has 1 aliphatic heterocycles.